The topological polar surface area (TPSA) is 46.3 Å². The zero-order valence-corrected chi connectivity index (χ0v) is 5.63. The van der Waals surface area contributed by atoms with Crippen molar-refractivity contribution in [2.24, 2.45) is 5.73 Å². The molecule has 2 amide bonds. The van der Waals surface area contributed by atoms with Gasteiger partial charge in [0.15, 0.2) is 0 Å². The molecule has 9 heavy (non-hydrogen) atoms. The van der Waals surface area contributed by atoms with E-state index in [0.29, 0.717) is 6.54 Å². The van der Waals surface area contributed by atoms with Gasteiger partial charge in [0.2, 0.25) is 0 Å². The monoisotopic (exact) mass is 128 g/mol. The van der Waals surface area contributed by atoms with Crippen molar-refractivity contribution in [2.45, 2.75) is 13.3 Å². The Kier molecular flexibility index (Phi) is 3.51. The van der Waals surface area contributed by atoms with Crippen molar-refractivity contribution >= 4 is 6.03 Å². The van der Waals surface area contributed by atoms with E-state index in [4.69, 9.17) is 5.73 Å². The van der Waals surface area contributed by atoms with Crippen LogP contribution in [0.25, 0.3) is 0 Å². The average Bonchev–Trinajstić information content (AvgIpc) is 1.82. The lowest BCUT2D eigenvalue weighted by molar-refractivity contribution is 0.225. The molecule has 0 aliphatic carbocycles. The largest absolute Gasteiger partial charge is 0.351 e. The van der Waals surface area contributed by atoms with Crippen LogP contribution in [0, 0.1) is 0 Å². The van der Waals surface area contributed by atoms with Crippen LogP contribution in [-0.2, 0) is 0 Å². The molecule has 3 nitrogen and oxygen atoms in total. The molecule has 2 N–H and O–H groups in total. The van der Waals surface area contributed by atoms with Gasteiger partial charge in [0.1, 0.15) is 0 Å². The van der Waals surface area contributed by atoms with Crippen LogP contribution in [0.5, 0.6) is 0 Å². The Morgan fingerprint density at radius 1 is 1.89 bits per heavy atom. The van der Waals surface area contributed by atoms with Crippen molar-refractivity contribution in [2.75, 3.05) is 6.54 Å². The molecule has 0 bridgehead atoms. The minimum Gasteiger partial charge on any atom is -0.351 e. The van der Waals surface area contributed by atoms with Crippen LogP contribution in [0.1, 0.15) is 13.3 Å². The summed E-state index contributed by atoms with van der Waals surface area (Å²) in [5.41, 5.74) is 4.95. The summed E-state index contributed by atoms with van der Waals surface area (Å²) in [7, 11) is 0. The van der Waals surface area contributed by atoms with Crippen molar-refractivity contribution in [3.8, 4) is 0 Å². The molecule has 0 aliphatic rings. The normalized spacial score (nSPS) is 8.56. The van der Waals surface area contributed by atoms with Crippen molar-refractivity contribution in [1.82, 2.24) is 4.90 Å². The van der Waals surface area contributed by atoms with Crippen LogP contribution >= 0.6 is 0 Å². The Labute approximate surface area is 55.1 Å². The Bertz CT molecular complexity index is 112. The summed E-state index contributed by atoms with van der Waals surface area (Å²) < 4.78 is 0. The van der Waals surface area contributed by atoms with Gasteiger partial charge in [0.25, 0.3) is 0 Å². The van der Waals surface area contributed by atoms with Crippen LogP contribution in [-0.4, -0.2) is 17.5 Å². The number of carbonyl (C=O) groups is 1. The smallest absolute Gasteiger partial charge is 0.318 e. The lowest BCUT2D eigenvalue weighted by Gasteiger charge is -2.12. The van der Waals surface area contributed by atoms with Crippen LogP contribution in [0.4, 0.5) is 4.79 Å². The van der Waals surface area contributed by atoms with Crippen molar-refractivity contribution < 1.29 is 4.79 Å². The summed E-state index contributed by atoms with van der Waals surface area (Å²) in [4.78, 5) is 11.8. The van der Waals surface area contributed by atoms with Gasteiger partial charge in [-0.2, -0.15) is 0 Å². The zero-order chi connectivity index (χ0) is 7.28. The number of hydrogen-bond acceptors (Lipinski definition) is 1. The maximum atomic E-state index is 10.4. The number of nitrogens with zero attached hydrogens (tertiary/aromatic N) is 1. The molecular weight excluding hydrogens is 116 g/mol. The standard InChI is InChI=1S/C6H12N2O/c1-3-5-8(4-2)6(7)9/h4H,2-3,5H2,1H3,(H2,7,9). The highest BCUT2D eigenvalue weighted by Crippen LogP contribution is 1.89. The predicted octanol–water partition coefficient (Wildman–Crippen LogP) is 0.921. The third-order valence-electron chi connectivity index (χ3n) is 0.968. The number of nitrogens with two attached hydrogens (primary N) is 1. The van der Waals surface area contributed by atoms with Gasteiger partial charge in [-0.3, -0.25) is 0 Å². The SMILES string of the molecule is C=CN(CCC)C(N)=O. The average molecular weight is 128 g/mol. The van der Waals surface area contributed by atoms with E-state index in [0.717, 1.165) is 6.42 Å². The Morgan fingerprint density at radius 2 is 2.44 bits per heavy atom. The summed E-state index contributed by atoms with van der Waals surface area (Å²) >= 11 is 0. The van der Waals surface area contributed by atoms with Crippen LogP contribution < -0.4 is 5.73 Å². The van der Waals surface area contributed by atoms with Gasteiger partial charge in [-0.25, -0.2) is 4.79 Å². The first kappa shape index (κ1) is 8.01. The maximum Gasteiger partial charge on any atom is 0.318 e. The lowest BCUT2D eigenvalue weighted by atomic mass is 10.4. The number of primary amides is 1. The molecule has 0 atom stereocenters. The van der Waals surface area contributed by atoms with Gasteiger partial charge >= 0.3 is 6.03 Å². The number of hydrogen-bond donors (Lipinski definition) is 1. The molecule has 0 aromatic carbocycles. The molecule has 0 saturated heterocycles. The van der Waals surface area contributed by atoms with E-state index in [1.54, 1.807) is 0 Å². The number of urea groups is 1. The highest BCUT2D eigenvalue weighted by molar-refractivity contribution is 5.72. The minimum absolute atomic E-state index is 0.438. The van der Waals surface area contributed by atoms with E-state index in [1.165, 1.54) is 11.1 Å². The van der Waals surface area contributed by atoms with Gasteiger partial charge in [-0.1, -0.05) is 13.5 Å². The molecule has 0 spiro atoms. The van der Waals surface area contributed by atoms with E-state index in [9.17, 15) is 4.79 Å². The fourth-order valence-electron chi connectivity index (χ4n) is 0.532. The van der Waals surface area contributed by atoms with Gasteiger partial charge in [-0.05, 0) is 6.42 Å². The molecule has 0 saturated carbocycles. The van der Waals surface area contributed by atoms with Gasteiger partial charge in [0, 0.05) is 12.7 Å². The number of carbonyl (C=O) groups excluding carboxylic acids is 1. The van der Waals surface area contributed by atoms with Gasteiger partial charge in [0.05, 0.1) is 0 Å². The first-order valence-electron chi connectivity index (χ1n) is 2.91. The third-order valence-corrected chi connectivity index (χ3v) is 0.968. The Morgan fingerprint density at radius 3 is 2.56 bits per heavy atom. The van der Waals surface area contributed by atoms with E-state index in [1.807, 2.05) is 6.92 Å². The fraction of sp³-hybridized carbons (Fsp3) is 0.500. The molecule has 3 heteroatoms. The van der Waals surface area contributed by atoms with Gasteiger partial charge in [-0.15, -0.1) is 0 Å². The molecule has 52 valence electrons. The molecular formula is C6H12N2O. The van der Waals surface area contributed by atoms with Crippen molar-refractivity contribution in [3.05, 3.63) is 12.8 Å². The summed E-state index contributed by atoms with van der Waals surface area (Å²) in [6.07, 6.45) is 2.33. The highest BCUT2D eigenvalue weighted by Gasteiger charge is 2.00. The molecule has 0 unspecified atom stereocenters. The number of amides is 2. The van der Waals surface area contributed by atoms with E-state index in [-0.39, 0.29) is 0 Å². The Hall–Kier alpha value is -0.990. The van der Waals surface area contributed by atoms with E-state index < -0.39 is 6.03 Å². The van der Waals surface area contributed by atoms with Crippen LogP contribution in [0.2, 0.25) is 0 Å². The summed E-state index contributed by atoms with van der Waals surface area (Å²) in [6, 6.07) is -0.438. The highest BCUT2D eigenvalue weighted by atomic mass is 16.2. The second kappa shape index (κ2) is 3.95. The summed E-state index contributed by atoms with van der Waals surface area (Å²) in [5, 5.41) is 0. The first-order chi connectivity index (χ1) is 4.22. The van der Waals surface area contributed by atoms with E-state index in [2.05, 4.69) is 6.58 Å². The molecule has 0 radical (unpaired) electrons. The van der Waals surface area contributed by atoms with Crippen LogP contribution in [0.15, 0.2) is 12.8 Å². The third kappa shape index (κ3) is 2.74. The molecule has 0 rings (SSSR count). The van der Waals surface area contributed by atoms with E-state index >= 15 is 0 Å². The van der Waals surface area contributed by atoms with Crippen molar-refractivity contribution in [1.29, 1.82) is 0 Å². The number of rotatable bonds is 3. The maximum absolute atomic E-state index is 10.4. The summed E-state index contributed by atoms with van der Waals surface area (Å²) in [6.45, 7) is 6.05. The quantitative estimate of drug-likeness (QED) is 0.603. The molecule has 0 heterocycles. The second-order valence-electron chi connectivity index (χ2n) is 1.71. The molecule has 0 aromatic heterocycles. The van der Waals surface area contributed by atoms with Crippen LogP contribution in [0.3, 0.4) is 0 Å². The predicted molar refractivity (Wildman–Crippen MR) is 36.8 cm³/mol. The fourth-order valence-corrected chi connectivity index (χ4v) is 0.532. The molecule has 0 aliphatic heterocycles. The second-order valence-corrected chi connectivity index (χ2v) is 1.71. The molecule has 0 aromatic rings. The van der Waals surface area contributed by atoms with Gasteiger partial charge < -0.3 is 10.6 Å². The lowest BCUT2D eigenvalue weighted by Crippen LogP contribution is -2.31. The summed E-state index contributed by atoms with van der Waals surface area (Å²) in [5.74, 6) is 0. The van der Waals surface area contributed by atoms with Crippen molar-refractivity contribution in [3.63, 3.8) is 0 Å². The molecule has 0 fully saturated rings. The Balaban J connectivity index is 3.68. The first-order valence-corrected chi connectivity index (χ1v) is 2.91. The minimum atomic E-state index is -0.438. The zero-order valence-electron chi connectivity index (χ0n) is 5.63.